The number of ketones is 1. The minimum absolute atomic E-state index is 0.0967. The Morgan fingerprint density at radius 2 is 2.16 bits per heavy atom. The Bertz CT molecular complexity index is 788. The lowest BCUT2D eigenvalue weighted by molar-refractivity contribution is 0.101. The molecule has 96 valence electrons. The van der Waals surface area contributed by atoms with Gasteiger partial charge in [0.25, 0.3) is 0 Å². The second-order valence-corrected chi connectivity index (χ2v) is 6.42. The normalized spacial score (nSPS) is 11.1. The van der Waals surface area contributed by atoms with Crippen LogP contribution in [0.4, 0.5) is 0 Å². The maximum atomic E-state index is 12.4. The van der Waals surface area contributed by atoms with Crippen LogP contribution in [-0.2, 0) is 0 Å². The summed E-state index contributed by atoms with van der Waals surface area (Å²) >= 11 is 10.7. The Balaban J connectivity index is 2.15. The van der Waals surface area contributed by atoms with Gasteiger partial charge in [-0.1, -0.05) is 11.6 Å². The fraction of sp³-hybridized carbons (Fsp3) is 0.0714. The average Bonchev–Trinajstić information content (AvgIpc) is 2.94. The number of benzene rings is 1. The van der Waals surface area contributed by atoms with E-state index in [9.17, 15) is 4.79 Å². The van der Waals surface area contributed by atoms with Crippen LogP contribution in [-0.4, -0.2) is 5.78 Å². The number of fused-ring (bicyclic) bond motifs is 1. The van der Waals surface area contributed by atoms with Crippen LogP contribution in [0.15, 0.2) is 38.5 Å². The first-order valence-corrected chi connectivity index (χ1v) is 7.58. The third-order valence-electron chi connectivity index (χ3n) is 2.90. The number of carbonyl (C=O) groups is 1. The van der Waals surface area contributed by atoms with Crippen molar-refractivity contribution in [3.05, 3.63) is 55.3 Å². The van der Waals surface area contributed by atoms with E-state index in [-0.39, 0.29) is 5.78 Å². The van der Waals surface area contributed by atoms with E-state index < -0.39 is 0 Å². The predicted molar refractivity (Wildman–Crippen MR) is 81.4 cm³/mol. The second-order valence-electron chi connectivity index (χ2n) is 4.15. The van der Waals surface area contributed by atoms with Crippen LogP contribution in [0.1, 0.15) is 21.0 Å². The van der Waals surface area contributed by atoms with E-state index in [0.29, 0.717) is 21.2 Å². The van der Waals surface area contributed by atoms with Gasteiger partial charge in [0.15, 0.2) is 5.76 Å². The van der Waals surface area contributed by atoms with Crippen LogP contribution in [0.2, 0.25) is 5.02 Å². The molecule has 0 amide bonds. The summed E-state index contributed by atoms with van der Waals surface area (Å²) in [5.41, 5.74) is 1.51. The van der Waals surface area contributed by atoms with E-state index in [1.165, 1.54) is 11.3 Å². The smallest absolute Gasteiger partial charge is 0.238 e. The number of thiophene rings is 1. The molecule has 0 fully saturated rings. The molecule has 0 unspecified atom stereocenters. The number of rotatable bonds is 2. The summed E-state index contributed by atoms with van der Waals surface area (Å²) in [5.74, 6) is 0.284. The molecule has 0 bridgehead atoms. The van der Waals surface area contributed by atoms with Gasteiger partial charge in [0.05, 0.1) is 4.88 Å². The topological polar surface area (TPSA) is 30.2 Å². The molecule has 0 aliphatic rings. The summed E-state index contributed by atoms with van der Waals surface area (Å²) in [6, 6.07) is 7.15. The standard InChI is InChI=1S/C14H8BrClO2S/c1-7-10-5-9(16)2-3-11(10)18-14(7)13(17)12-4-8(15)6-19-12/h2-6H,1H3. The minimum Gasteiger partial charge on any atom is -0.452 e. The van der Waals surface area contributed by atoms with Gasteiger partial charge in [0.1, 0.15) is 5.58 Å². The summed E-state index contributed by atoms with van der Waals surface area (Å²) in [7, 11) is 0. The highest BCUT2D eigenvalue weighted by atomic mass is 79.9. The van der Waals surface area contributed by atoms with Crippen molar-refractivity contribution in [3.8, 4) is 0 Å². The zero-order chi connectivity index (χ0) is 13.6. The quantitative estimate of drug-likeness (QED) is 0.572. The molecule has 0 radical (unpaired) electrons. The highest BCUT2D eigenvalue weighted by Gasteiger charge is 2.20. The van der Waals surface area contributed by atoms with Crippen molar-refractivity contribution in [2.45, 2.75) is 6.92 Å². The van der Waals surface area contributed by atoms with Gasteiger partial charge in [-0.15, -0.1) is 11.3 Å². The van der Waals surface area contributed by atoms with Gasteiger partial charge >= 0.3 is 0 Å². The van der Waals surface area contributed by atoms with E-state index in [0.717, 1.165) is 15.4 Å². The third kappa shape index (κ3) is 2.24. The first-order chi connectivity index (χ1) is 9.06. The molecule has 1 aromatic carbocycles. The molecule has 0 spiro atoms. The van der Waals surface area contributed by atoms with Crippen LogP contribution in [0.25, 0.3) is 11.0 Å². The van der Waals surface area contributed by atoms with Crippen LogP contribution in [0.3, 0.4) is 0 Å². The number of carbonyl (C=O) groups excluding carboxylic acids is 1. The zero-order valence-electron chi connectivity index (χ0n) is 9.87. The summed E-state index contributed by atoms with van der Waals surface area (Å²) in [6.45, 7) is 1.87. The van der Waals surface area contributed by atoms with E-state index in [4.69, 9.17) is 16.0 Å². The Morgan fingerprint density at radius 3 is 2.84 bits per heavy atom. The van der Waals surface area contributed by atoms with Crippen LogP contribution >= 0.6 is 38.9 Å². The molecule has 2 nitrogen and oxygen atoms in total. The Morgan fingerprint density at radius 1 is 1.37 bits per heavy atom. The fourth-order valence-electron chi connectivity index (χ4n) is 1.95. The molecule has 2 heterocycles. The van der Waals surface area contributed by atoms with Crippen molar-refractivity contribution in [1.29, 1.82) is 0 Å². The molecular weight excluding hydrogens is 348 g/mol. The van der Waals surface area contributed by atoms with Gasteiger partial charge in [0, 0.05) is 25.8 Å². The van der Waals surface area contributed by atoms with Crippen LogP contribution < -0.4 is 0 Å². The highest BCUT2D eigenvalue weighted by molar-refractivity contribution is 9.10. The Hall–Kier alpha value is -1.10. The summed E-state index contributed by atoms with van der Waals surface area (Å²) in [4.78, 5) is 13.1. The molecule has 0 aliphatic heterocycles. The lowest BCUT2D eigenvalue weighted by atomic mass is 10.1. The van der Waals surface area contributed by atoms with Gasteiger partial charge in [-0.05, 0) is 47.1 Å². The maximum absolute atomic E-state index is 12.4. The number of hydrogen-bond acceptors (Lipinski definition) is 3. The van der Waals surface area contributed by atoms with Crippen molar-refractivity contribution in [2.75, 3.05) is 0 Å². The van der Waals surface area contributed by atoms with E-state index in [2.05, 4.69) is 15.9 Å². The monoisotopic (exact) mass is 354 g/mol. The Kier molecular flexibility index (Phi) is 3.25. The molecule has 0 saturated carbocycles. The van der Waals surface area contributed by atoms with Crippen molar-refractivity contribution < 1.29 is 9.21 Å². The summed E-state index contributed by atoms with van der Waals surface area (Å²) in [6.07, 6.45) is 0. The van der Waals surface area contributed by atoms with Gasteiger partial charge in [0.2, 0.25) is 5.78 Å². The average molecular weight is 356 g/mol. The Labute approximate surface area is 127 Å². The van der Waals surface area contributed by atoms with E-state index in [1.54, 1.807) is 18.2 Å². The van der Waals surface area contributed by atoms with Gasteiger partial charge in [-0.25, -0.2) is 0 Å². The van der Waals surface area contributed by atoms with Gasteiger partial charge in [-0.2, -0.15) is 0 Å². The van der Waals surface area contributed by atoms with Gasteiger partial charge < -0.3 is 4.42 Å². The first-order valence-electron chi connectivity index (χ1n) is 5.53. The molecule has 0 N–H and O–H groups in total. The number of hydrogen-bond donors (Lipinski definition) is 0. The van der Waals surface area contributed by atoms with Crippen molar-refractivity contribution in [1.82, 2.24) is 0 Å². The second kappa shape index (κ2) is 4.78. The SMILES string of the molecule is Cc1c(C(=O)c2cc(Br)cs2)oc2ccc(Cl)cc12. The number of aryl methyl sites for hydroxylation is 1. The summed E-state index contributed by atoms with van der Waals surface area (Å²) in [5, 5.41) is 3.39. The first kappa shape index (κ1) is 12.9. The molecule has 3 rings (SSSR count). The molecule has 5 heteroatoms. The maximum Gasteiger partial charge on any atom is 0.238 e. The highest BCUT2D eigenvalue weighted by Crippen LogP contribution is 2.31. The van der Waals surface area contributed by atoms with Crippen molar-refractivity contribution in [2.24, 2.45) is 0 Å². The van der Waals surface area contributed by atoms with Crippen LogP contribution in [0, 0.1) is 6.92 Å². The molecule has 0 atom stereocenters. The predicted octanol–water partition coefficient (Wildman–Crippen LogP) is 5.45. The van der Waals surface area contributed by atoms with Crippen LogP contribution in [0.5, 0.6) is 0 Å². The summed E-state index contributed by atoms with van der Waals surface area (Å²) < 4.78 is 6.56. The third-order valence-corrected chi connectivity index (χ3v) is 4.82. The molecule has 3 aromatic rings. The molecule has 0 saturated heterocycles. The van der Waals surface area contributed by atoms with Gasteiger partial charge in [-0.3, -0.25) is 4.79 Å². The largest absolute Gasteiger partial charge is 0.452 e. The fourth-order valence-corrected chi connectivity index (χ4v) is 3.49. The molecule has 2 aromatic heterocycles. The van der Waals surface area contributed by atoms with E-state index >= 15 is 0 Å². The van der Waals surface area contributed by atoms with Crippen molar-refractivity contribution >= 4 is 55.6 Å². The van der Waals surface area contributed by atoms with E-state index in [1.807, 2.05) is 18.4 Å². The molecular formula is C14H8BrClO2S. The lowest BCUT2D eigenvalue weighted by Gasteiger charge is -1.94. The number of furan rings is 1. The lowest BCUT2D eigenvalue weighted by Crippen LogP contribution is -1.98. The number of halogens is 2. The molecule has 19 heavy (non-hydrogen) atoms. The molecule has 0 aliphatic carbocycles. The van der Waals surface area contributed by atoms with Crippen molar-refractivity contribution in [3.63, 3.8) is 0 Å². The zero-order valence-corrected chi connectivity index (χ0v) is 13.0. The minimum atomic E-state index is -0.0967.